The van der Waals surface area contributed by atoms with Gasteiger partial charge >= 0.3 is 0 Å². The topological polar surface area (TPSA) is 72.2 Å². The lowest BCUT2D eigenvalue weighted by molar-refractivity contribution is -0.120. The molecule has 0 aliphatic rings. The minimum Gasteiger partial charge on any atom is -0.351 e. The van der Waals surface area contributed by atoms with Gasteiger partial charge in [0.25, 0.3) is 0 Å². The first-order valence-corrected chi connectivity index (χ1v) is 12.0. The fourth-order valence-electron chi connectivity index (χ4n) is 3.67. The maximum Gasteiger partial charge on any atom is 0.233 e. The molecule has 1 N–H and O–H groups in total. The summed E-state index contributed by atoms with van der Waals surface area (Å²) in [5.74, 6) is -0.0170. The number of hydrogen-bond acceptors (Lipinski definition) is 5. The van der Waals surface area contributed by atoms with Gasteiger partial charge in [-0.15, -0.1) is 0 Å². The quantitative estimate of drug-likeness (QED) is 0.247. The van der Waals surface area contributed by atoms with Gasteiger partial charge in [0.05, 0.1) is 21.8 Å². The van der Waals surface area contributed by atoms with E-state index >= 15 is 0 Å². The predicted molar refractivity (Wildman–Crippen MR) is 132 cm³/mol. The SMILES string of the molecule is CCC(Sc1nc2ccc(Br)cc2c2nc3ccccc3n12)C(=O)NCc1cccnc1. The molecule has 0 radical (unpaired) electrons. The molecule has 5 rings (SSSR count). The summed E-state index contributed by atoms with van der Waals surface area (Å²) in [5.41, 5.74) is 4.54. The van der Waals surface area contributed by atoms with E-state index in [-0.39, 0.29) is 11.2 Å². The summed E-state index contributed by atoms with van der Waals surface area (Å²) in [6.45, 7) is 2.47. The lowest BCUT2D eigenvalue weighted by Crippen LogP contribution is -2.32. The second-order valence-electron chi connectivity index (χ2n) is 7.41. The zero-order valence-corrected chi connectivity index (χ0v) is 19.7. The number of amides is 1. The van der Waals surface area contributed by atoms with Gasteiger partial charge in [0, 0.05) is 28.8 Å². The Kier molecular flexibility index (Phi) is 5.80. The first-order chi connectivity index (χ1) is 15.6. The average molecular weight is 506 g/mol. The number of fused-ring (bicyclic) bond motifs is 5. The molecule has 5 aromatic rings. The number of rotatable bonds is 6. The monoisotopic (exact) mass is 505 g/mol. The number of imidazole rings is 1. The van der Waals surface area contributed by atoms with Crippen molar-refractivity contribution in [2.45, 2.75) is 30.3 Å². The van der Waals surface area contributed by atoms with Crippen LogP contribution >= 0.6 is 27.7 Å². The van der Waals surface area contributed by atoms with E-state index in [4.69, 9.17) is 9.97 Å². The molecule has 3 aromatic heterocycles. The van der Waals surface area contributed by atoms with Crippen molar-refractivity contribution in [3.05, 3.63) is 77.0 Å². The van der Waals surface area contributed by atoms with E-state index in [2.05, 4.69) is 30.6 Å². The number of carbonyl (C=O) groups excluding carboxylic acids is 1. The van der Waals surface area contributed by atoms with Crippen LogP contribution in [0.25, 0.3) is 27.6 Å². The lowest BCUT2D eigenvalue weighted by atomic mass is 10.2. The van der Waals surface area contributed by atoms with Gasteiger partial charge in [-0.2, -0.15) is 0 Å². The van der Waals surface area contributed by atoms with Crippen molar-refractivity contribution in [2.75, 3.05) is 0 Å². The highest BCUT2D eigenvalue weighted by atomic mass is 79.9. The van der Waals surface area contributed by atoms with Crippen LogP contribution in [-0.4, -0.2) is 30.5 Å². The average Bonchev–Trinajstić information content (AvgIpc) is 3.22. The Balaban J connectivity index is 1.54. The number of para-hydroxylation sites is 2. The van der Waals surface area contributed by atoms with Crippen molar-refractivity contribution in [2.24, 2.45) is 0 Å². The molecule has 32 heavy (non-hydrogen) atoms. The number of thioether (sulfide) groups is 1. The number of nitrogens with one attached hydrogen (secondary N) is 1. The van der Waals surface area contributed by atoms with Crippen LogP contribution in [0.15, 0.2) is 76.6 Å². The second-order valence-corrected chi connectivity index (χ2v) is 9.49. The molecule has 0 bridgehead atoms. The number of nitrogens with zero attached hydrogens (tertiary/aromatic N) is 4. The molecule has 1 atom stereocenters. The minimum absolute atomic E-state index is 0.0170. The zero-order valence-electron chi connectivity index (χ0n) is 17.3. The normalized spacial score (nSPS) is 12.4. The van der Waals surface area contributed by atoms with Crippen LogP contribution in [0.1, 0.15) is 18.9 Å². The third-order valence-electron chi connectivity index (χ3n) is 5.27. The third-order valence-corrected chi connectivity index (χ3v) is 7.08. The second kappa shape index (κ2) is 8.88. The Bertz CT molecular complexity index is 1440. The van der Waals surface area contributed by atoms with E-state index in [1.165, 1.54) is 11.8 Å². The molecule has 8 heteroatoms. The Morgan fingerprint density at radius 3 is 2.81 bits per heavy atom. The molecule has 0 aliphatic carbocycles. The van der Waals surface area contributed by atoms with Gasteiger partial charge in [0.1, 0.15) is 5.65 Å². The predicted octanol–water partition coefficient (Wildman–Crippen LogP) is 5.38. The number of carbonyl (C=O) groups is 1. The van der Waals surface area contributed by atoms with Gasteiger partial charge in [-0.25, -0.2) is 9.97 Å². The molecule has 0 aliphatic heterocycles. The Morgan fingerprint density at radius 2 is 2.00 bits per heavy atom. The van der Waals surface area contributed by atoms with Crippen molar-refractivity contribution in [1.29, 1.82) is 0 Å². The fourth-order valence-corrected chi connectivity index (χ4v) is 5.09. The fraction of sp³-hybridized carbons (Fsp3) is 0.167. The molecule has 0 spiro atoms. The van der Waals surface area contributed by atoms with Crippen molar-refractivity contribution in [3.8, 4) is 0 Å². The Hall–Kier alpha value is -2.97. The molecular formula is C24H20BrN5OS. The number of benzene rings is 2. The number of pyridine rings is 1. The van der Waals surface area contributed by atoms with Gasteiger partial charge in [-0.05, 0) is 48.4 Å². The van der Waals surface area contributed by atoms with Gasteiger partial charge in [0.2, 0.25) is 5.91 Å². The third kappa shape index (κ3) is 3.96. The molecule has 0 fully saturated rings. The van der Waals surface area contributed by atoms with Crippen LogP contribution < -0.4 is 5.32 Å². The summed E-state index contributed by atoms with van der Waals surface area (Å²) in [5, 5.41) is 4.48. The Morgan fingerprint density at radius 1 is 1.12 bits per heavy atom. The van der Waals surface area contributed by atoms with Crippen LogP contribution in [0.2, 0.25) is 0 Å². The minimum atomic E-state index is -0.281. The largest absolute Gasteiger partial charge is 0.351 e. The molecule has 2 aromatic carbocycles. The standard InChI is InChI=1S/C24H20BrN5OS/c1-2-21(23(31)27-14-15-6-5-11-26-13-15)32-24-29-18-10-9-16(25)12-17(18)22-28-19-7-3-4-8-20(19)30(22)24/h3-13,21H,2,14H2,1H3,(H,27,31). The summed E-state index contributed by atoms with van der Waals surface area (Å²) in [7, 11) is 0. The highest BCUT2D eigenvalue weighted by Crippen LogP contribution is 2.32. The van der Waals surface area contributed by atoms with Crippen molar-refractivity contribution in [3.63, 3.8) is 0 Å². The molecule has 1 unspecified atom stereocenters. The molecule has 1 amide bonds. The van der Waals surface area contributed by atoms with Gasteiger partial charge in [0.15, 0.2) is 5.16 Å². The van der Waals surface area contributed by atoms with Crippen molar-refractivity contribution in [1.82, 2.24) is 24.7 Å². The summed E-state index contributed by atoms with van der Waals surface area (Å²) < 4.78 is 3.04. The summed E-state index contributed by atoms with van der Waals surface area (Å²) in [6, 6.07) is 17.8. The lowest BCUT2D eigenvalue weighted by Gasteiger charge is -2.16. The van der Waals surface area contributed by atoms with Gasteiger partial charge < -0.3 is 5.32 Å². The highest BCUT2D eigenvalue weighted by molar-refractivity contribution is 9.10. The van der Waals surface area contributed by atoms with E-state index in [0.717, 1.165) is 42.8 Å². The van der Waals surface area contributed by atoms with E-state index in [0.29, 0.717) is 13.0 Å². The van der Waals surface area contributed by atoms with Gasteiger partial charge in [-0.3, -0.25) is 14.2 Å². The first kappa shape index (κ1) is 20.9. The molecule has 3 heterocycles. The maximum absolute atomic E-state index is 13.0. The van der Waals surface area contributed by atoms with Crippen LogP contribution in [0.5, 0.6) is 0 Å². The summed E-state index contributed by atoms with van der Waals surface area (Å²) >= 11 is 5.03. The van der Waals surface area contributed by atoms with E-state index in [1.807, 2.05) is 61.5 Å². The molecule has 0 saturated heterocycles. The van der Waals surface area contributed by atoms with E-state index in [1.54, 1.807) is 12.4 Å². The molecule has 0 saturated carbocycles. The smallest absolute Gasteiger partial charge is 0.233 e. The van der Waals surface area contributed by atoms with Crippen molar-refractivity contribution < 1.29 is 4.79 Å². The van der Waals surface area contributed by atoms with Crippen LogP contribution in [-0.2, 0) is 11.3 Å². The highest BCUT2D eigenvalue weighted by Gasteiger charge is 2.22. The molecular weight excluding hydrogens is 486 g/mol. The molecule has 6 nitrogen and oxygen atoms in total. The van der Waals surface area contributed by atoms with Crippen LogP contribution in [0, 0.1) is 0 Å². The van der Waals surface area contributed by atoms with E-state index < -0.39 is 0 Å². The number of aromatic nitrogens is 4. The summed E-state index contributed by atoms with van der Waals surface area (Å²) in [6.07, 6.45) is 4.16. The first-order valence-electron chi connectivity index (χ1n) is 10.3. The van der Waals surface area contributed by atoms with Crippen LogP contribution in [0.3, 0.4) is 0 Å². The molecule has 160 valence electrons. The van der Waals surface area contributed by atoms with Gasteiger partial charge in [-0.1, -0.05) is 52.8 Å². The zero-order chi connectivity index (χ0) is 22.1. The van der Waals surface area contributed by atoms with Crippen molar-refractivity contribution >= 4 is 61.2 Å². The summed E-state index contributed by atoms with van der Waals surface area (Å²) in [4.78, 5) is 26.9. The maximum atomic E-state index is 13.0. The van der Waals surface area contributed by atoms with Crippen LogP contribution in [0.4, 0.5) is 0 Å². The number of halogens is 1. The van der Waals surface area contributed by atoms with E-state index in [9.17, 15) is 4.79 Å². The number of hydrogen-bond donors (Lipinski definition) is 1. The Labute approximate surface area is 197 Å².